The maximum absolute atomic E-state index is 8.44. The van der Waals surface area contributed by atoms with Gasteiger partial charge in [0.15, 0.2) is 0 Å². The summed E-state index contributed by atoms with van der Waals surface area (Å²) in [6.07, 6.45) is 3.62. The van der Waals surface area contributed by atoms with Crippen LogP contribution in [0.5, 0.6) is 0 Å². The molecule has 0 fully saturated rings. The van der Waals surface area contributed by atoms with E-state index in [0.717, 1.165) is 17.9 Å². The Bertz CT molecular complexity index is 108. The molecule has 0 heterocycles. The van der Waals surface area contributed by atoms with E-state index < -0.39 is 0 Å². The Balaban J connectivity index is 3.39. The number of rotatable bonds is 4. The molecule has 0 aromatic rings. The second-order valence-corrected chi connectivity index (χ2v) is 3.25. The van der Waals surface area contributed by atoms with Crippen LogP contribution in [0.15, 0.2) is 11.1 Å². The van der Waals surface area contributed by atoms with Crippen molar-refractivity contribution in [1.82, 2.24) is 0 Å². The molecular weight excluding hydrogens is 148 g/mol. The highest BCUT2D eigenvalue weighted by atomic mass is 35.5. The molecule has 1 N–H and O–H groups in total. The van der Waals surface area contributed by atoms with Gasteiger partial charge in [-0.25, -0.2) is 0 Å². The second-order valence-electron chi connectivity index (χ2n) is 2.77. The molecule has 1 nitrogen and oxygen atoms in total. The van der Waals surface area contributed by atoms with Crippen molar-refractivity contribution >= 4 is 11.6 Å². The average Bonchev–Trinajstić information content (AvgIpc) is 1.85. The summed E-state index contributed by atoms with van der Waals surface area (Å²) < 4.78 is 0. The van der Waals surface area contributed by atoms with Crippen molar-refractivity contribution in [3.63, 3.8) is 0 Å². The largest absolute Gasteiger partial charge is 0.392 e. The first kappa shape index (κ1) is 9.99. The Morgan fingerprint density at radius 1 is 1.60 bits per heavy atom. The molecule has 0 saturated heterocycles. The molecule has 0 aromatic carbocycles. The molecule has 2 heteroatoms. The van der Waals surface area contributed by atoms with Gasteiger partial charge in [-0.05, 0) is 24.8 Å². The summed E-state index contributed by atoms with van der Waals surface area (Å²) in [6, 6.07) is 0. The maximum Gasteiger partial charge on any atom is 0.0626 e. The van der Waals surface area contributed by atoms with E-state index in [1.54, 1.807) is 6.08 Å². The summed E-state index contributed by atoms with van der Waals surface area (Å²) in [7, 11) is 0. The fourth-order valence-corrected chi connectivity index (χ4v) is 0.806. The van der Waals surface area contributed by atoms with Gasteiger partial charge < -0.3 is 5.11 Å². The van der Waals surface area contributed by atoms with Crippen LogP contribution in [0.4, 0.5) is 0 Å². The van der Waals surface area contributed by atoms with Crippen molar-refractivity contribution in [1.29, 1.82) is 0 Å². The van der Waals surface area contributed by atoms with Crippen LogP contribution in [-0.4, -0.2) is 11.7 Å². The van der Waals surface area contributed by atoms with Crippen LogP contribution in [0.2, 0.25) is 0 Å². The van der Waals surface area contributed by atoms with Crippen molar-refractivity contribution in [3.05, 3.63) is 11.1 Å². The van der Waals surface area contributed by atoms with E-state index in [9.17, 15) is 0 Å². The molecule has 0 rings (SSSR count). The predicted octanol–water partition coefficient (Wildman–Crippen LogP) is 2.54. The number of hydrogen-bond acceptors (Lipinski definition) is 1. The van der Waals surface area contributed by atoms with E-state index in [2.05, 4.69) is 13.8 Å². The van der Waals surface area contributed by atoms with Gasteiger partial charge in [-0.3, -0.25) is 0 Å². The van der Waals surface area contributed by atoms with Crippen molar-refractivity contribution in [2.45, 2.75) is 26.7 Å². The lowest BCUT2D eigenvalue weighted by atomic mass is 10.1. The van der Waals surface area contributed by atoms with E-state index in [0.29, 0.717) is 5.92 Å². The number of aliphatic hydroxyl groups is 1. The van der Waals surface area contributed by atoms with Crippen LogP contribution in [0.1, 0.15) is 26.7 Å². The lowest BCUT2D eigenvalue weighted by molar-refractivity contribution is 0.342. The molecule has 0 unspecified atom stereocenters. The monoisotopic (exact) mass is 162 g/mol. The zero-order valence-electron chi connectivity index (χ0n) is 6.60. The minimum atomic E-state index is 0.0525. The lowest BCUT2D eigenvalue weighted by Crippen LogP contribution is -1.87. The van der Waals surface area contributed by atoms with Gasteiger partial charge in [0.25, 0.3) is 0 Å². The quantitative estimate of drug-likeness (QED) is 0.674. The van der Waals surface area contributed by atoms with Crippen molar-refractivity contribution in [3.8, 4) is 0 Å². The molecular formula is C8H15ClO. The number of halogens is 1. The van der Waals surface area contributed by atoms with Crippen molar-refractivity contribution in [2.75, 3.05) is 6.61 Å². The summed E-state index contributed by atoms with van der Waals surface area (Å²) in [6.45, 7) is 4.36. The SMILES string of the molecule is CC(C)CC/C(Cl)=C/CO. The van der Waals surface area contributed by atoms with Crippen LogP contribution in [0, 0.1) is 5.92 Å². The third kappa shape index (κ3) is 6.12. The standard InChI is InChI=1S/C8H15ClO/c1-7(2)3-4-8(9)5-6-10/h5,7,10H,3-4,6H2,1-2H3/b8-5-. The molecule has 0 atom stereocenters. The van der Waals surface area contributed by atoms with Crippen LogP contribution >= 0.6 is 11.6 Å². The van der Waals surface area contributed by atoms with Gasteiger partial charge >= 0.3 is 0 Å². The van der Waals surface area contributed by atoms with E-state index >= 15 is 0 Å². The minimum absolute atomic E-state index is 0.0525. The predicted molar refractivity (Wildman–Crippen MR) is 45.1 cm³/mol. The zero-order valence-corrected chi connectivity index (χ0v) is 7.36. The number of aliphatic hydroxyl groups excluding tert-OH is 1. The average molecular weight is 163 g/mol. The highest BCUT2D eigenvalue weighted by molar-refractivity contribution is 6.29. The van der Waals surface area contributed by atoms with E-state index in [4.69, 9.17) is 16.7 Å². The fraction of sp³-hybridized carbons (Fsp3) is 0.750. The number of allylic oxidation sites excluding steroid dienone is 1. The van der Waals surface area contributed by atoms with E-state index in [1.807, 2.05) is 0 Å². The molecule has 60 valence electrons. The summed E-state index contributed by atoms with van der Waals surface area (Å²) in [5.74, 6) is 0.681. The molecule has 0 amide bonds. The molecule has 0 bridgehead atoms. The third-order valence-electron chi connectivity index (χ3n) is 1.27. The normalized spacial score (nSPS) is 12.7. The highest BCUT2D eigenvalue weighted by Gasteiger charge is 1.95. The van der Waals surface area contributed by atoms with Crippen molar-refractivity contribution in [2.24, 2.45) is 5.92 Å². The van der Waals surface area contributed by atoms with Crippen LogP contribution < -0.4 is 0 Å². The molecule has 0 aromatic heterocycles. The summed E-state index contributed by atoms with van der Waals surface area (Å²) in [5, 5.41) is 9.22. The molecule has 0 aliphatic carbocycles. The minimum Gasteiger partial charge on any atom is -0.392 e. The fourth-order valence-electron chi connectivity index (χ4n) is 0.628. The molecule has 10 heavy (non-hydrogen) atoms. The Kier molecular flexibility index (Phi) is 5.74. The van der Waals surface area contributed by atoms with Gasteiger partial charge in [-0.2, -0.15) is 0 Å². The number of hydrogen-bond donors (Lipinski definition) is 1. The molecule has 0 aliphatic heterocycles. The van der Waals surface area contributed by atoms with Gasteiger partial charge in [0.05, 0.1) is 6.61 Å². The molecule has 0 aliphatic rings. The summed E-state index contributed by atoms with van der Waals surface area (Å²) in [4.78, 5) is 0. The first-order valence-electron chi connectivity index (χ1n) is 3.62. The maximum atomic E-state index is 8.44. The van der Waals surface area contributed by atoms with Gasteiger partial charge in [-0.15, -0.1) is 0 Å². The van der Waals surface area contributed by atoms with Crippen LogP contribution in [-0.2, 0) is 0 Å². The van der Waals surface area contributed by atoms with Crippen LogP contribution in [0.3, 0.4) is 0 Å². The summed E-state index contributed by atoms with van der Waals surface area (Å²) in [5.41, 5.74) is 0. The van der Waals surface area contributed by atoms with Crippen molar-refractivity contribution < 1.29 is 5.11 Å². The van der Waals surface area contributed by atoms with E-state index in [-0.39, 0.29) is 6.61 Å². The van der Waals surface area contributed by atoms with Gasteiger partial charge in [0.2, 0.25) is 0 Å². The topological polar surface area (TPSA) is 20.2 Å². The van der Waals surface area contributed by atoms with Gasteiger partial charge in [-0.1, -0.05) is 25.4 Å². The summed E-state index contributed by atoms with van der Waals surface area (Å²) >= 11 is 5.73. The first-order chi connectivity index (χ1) is 4.66. The molecule has 0 saturated carbocycles. The Morgan fingerprint density at radius 2 is 2.20 bits per heavy atom. The zero-order chi connectivity index (χ0) is 7.98. The Morgan fingerprint density at radius 3 is 2.60 bits per heavy atom. The Labute approximate surface area is 67.7 Å². The first-order valence-corrected chi connectivity index (χ1v) is 4.00. The Hall–Kier alpha value is -0.0100. The molecule has 0 radical (unpaired) electrons. The van der Waals surface area contributed by atoms with E-state index in [1.165, 1.54) is 0 Å². The third-order valence-corrected chi connectivity index (χ3v) is 1.62. The van der Waals surface area contributed by atoms with Gasteiger partial charge in [0.1, 0.15) is 0 Å². The molecule has 0 spiro atoms. The highest BCUT2D eigenvalue weighted by Crippen LogP contribution is 2.13. The second kappa shape index (κ2) is 5.75. The van der Waals surface area contributed by atoms with Gasteiger partial charge in [0, 0.05) is 5.03 Å². The lowest BCUT2D eigenvalue weighted by Gasteiger charge is -2.01. The van der Waals surface area contributed by atoms with Crippen LogP contribution in [0.25, 0.3) is 0 Å². The smallest absolute Gasteiger partial charge is 0.0626 e.